The Morgan fingerprint density at radius 2 is 1.90 bits per heavy atom. The molecule has 5 heteroatoms. The first-order valence-electron chi connectivity index (χ1n) is 8.09. The lowest BCUT2D eigenvalue weighted by Crippen LogP contribution is -2.51. The third-order valence-electron chi connectivity index (χ3n) is 5.91. The van der Waals surface area contributed by atoms with Crippen LogP contribution in [0, 0.1) is 23.2 Å². The fraction of sp³-hybridized carbons (Fsp3) is 0.750. The maximum absolute atomic E-state index is 12.5. The van der Waals surface area contributed by atoms with E-state index in [-0.39, 0.29) is 5.91 Å². The minimum absolute atomic E-state index is 0.00921. The number of hydrogen-bond donors (Lipinski definition) is 2. The van der Waals surface area contributed by atoms with Gasteiger partial charge in [-0.2, -0.15) is 5.10 Å². The highest BCUT2D eigenvalue weighted by molar-refractivity contribution is 5.92. The maximum atomic E-state index is 12.5. The average molecular weight is 288 g/mol. The van der Waals surface area contributed by atoms with E-state index in [4.69, 9.17) is 5.73 Å². The van der Waals surface area contributed by atoms with E-state index in [0.29, 0.717) is 16.9 Å². The summed E-state index contributed by atoms with van der Waals surface area (Å²) >= 11 is 0. The molecule has 0 radical (unpaired) electrons. The van der Waals surface area contributed by atoms with E-state index in [1.54, 1.807) is 6.07 Å². The molecular formula is C16H24N4O. The van der Waals surface area contributed by atoms with E-state index in [2.05, 4.69) is 10.2 Å². The van der Waals surface area contributed by atoms with E-state index >= 15 is 0 Å². The van der Waals surface area contributed by atoms with E-state index < -0.39 is 0 Å². The maximum Gasteiger partial charge on any atom is 0.271 e. The molecule has 21 heavy (non-hydrogen) atoms. The van der Waals surface area contributed by atoms with Gasteiger partial charge in [-0.05, 0) is 61.7 Å². The summed E-state index contributed by atoms with van der Waals surface area (Å²) in [7, 11) is 1.91. The summed E-state index contributed by atoms with van der Waals surface area (Å²) in [5, 5.41) is 6.58. The van der Waals surface area contributed by atoms with Crippen LogP contribution in [-0.4, -0.2) is 34.6 Å². The molecular weight excluding hydrogens is 264 g/mol. The highest BCUT2D eigenvalue weighted by atomic mass is 16.2. The second-order valence-corrected chi connectivity index (χ2v) is 7.79. The molecule has 0 atom stereocenters. The fourth-order valence-electron chi connectivity index (χ4n) is 5.71. The predicted molar refractivity (Wildman–Crippen MR) is 80.6 cm³/mol. The van der Waals surface area contributed by atoms with Crippen molar-refractivity contribution >= 4 is 11.7 Å². The summed E-state index contributed by atoms with van der Waals surface area (Å²) in [6.45, 7) is 0.883. The van der Waals surface area contributed by atoms with E-state index in [1.165, 1.54) is 38.5 Å². The number of nitrogens with zero attached hydrogens (tertiary/aromatic N) is 2. The molecule has 4 saturated carbocycles. The largest absolute Gasteiger partial charge is 0.382 e. The van der Waals surface area contributed by atoms with E-state index in [9.17, 15) is 4.79 Å². The average Bonchev–Trinajstić information content (AvgIpc) is 2.82. The van der Waals surface area contributed by atoms with Crippen LogP contribution in [0.2, 0.25) is 0 Å². The Morgan fingerprint density at radius 1 is 1.33 bits per heavy atom. The molecule has 3 N–H and O–H groups in total. The Labute approximate surface area is 125 Å². The molecule has 4 fully saturated rings. The lowest BCUT2D eigenvalue weighted by atomic mass is 9.49. The minimum Gasteiger partial charge on any atom is -0.382 e. The van der Waals surface area contributed by atoms with Crippen LogP contribution < -0.4 is 5.73 Å². The number of aromatic amines is 1. The SMILES string of the molecule is CN(CC12CC3CC(CC(C3)C1)C2)C(=O)c1cc(N)n[nH]1. The lowest BCUT2D eigenvalue weighted by molar-refractivity contribution is -0.0629. The van der Waals surface area contributed by atoms with E-state index in [0.717, 1.165) is 24.3 Å². The zero-order valence-electron chi connectivity index (χ0n) is 12.6. The van der Waals surface area contributed by atoms with Gasteiger partial charge in [-0.3, -0.25) is 9.89 Å². The second-order valence-electron chi connectivity index (χ2n) is 7.79. The molecule has 4 aliphatic rings. The van der Waals surface area contributed by atoms with Crippen LogP contribution >= 0.6 is 0 Å². The van der Waals surface area contributed by atoms with Crippen LogP contribution in [0.25, 0.3) is 0 Å². The van der Waals surface area contributed by atoms with Crippen molar-refractivity contribution < 1.29 is 4.79 Å². The van der Waals surface area contributed by atoms with Crippen molar-refractivity contribution in [2.75, 3.05) is 19.3 Å². The summed E-state index contributed by atoms with van der Waals surface area (Å²) in [5.41, 5.74) is 6.47. The van der Waals surface area contributed by atoms with Crippen molar-refractivity contribution in [1.82, 2.24) is 15.1 Å². The lowest BCUT2D eigenvalue weighted by Gasteiger charge is -2.57. The van der Waals surface area contributed by atoms with E-state index in [1.807, 2.05) is 11.9 Å². The molecule has 0 aliphatic heterocycles. The molecule has 114 valence electrons. The Balaban J connectivity index is 1.49. The van der Waals surface area contributed by atoms with Gasteiger partial charge in [0.1, 0.15) is 11.5 Å². The molecule has 1 aromatic rings. The van der Waals surface area contributed by atoms with Gasteiger partial charge in [-0.15, -0.1) is 0 Å². The van der Waals surface area contributed by atoms with Gasteiger partial charge in [0.05, 0.1) is 0 Å². The van der Waals surface area contributed by atoms with Crippen molar-refractivity contribution in [2.24, 2.45) is 23.2 Å². The van der Waals surface area contributed by atoms with Crippen LogP contribution in [-0.2, 0) is 0 Å². The summed E-state index contributed by atoms with van der Waals surface area (Å²) in [6, 6.07) is 1.62. The molecule has 1 amide bonds. The molecule has 4 aliphatic carbocycles. The number of carbonyl (C=O) groups excluding carboxylic acids is 1. The summed E-state index contributed by atoms with van der Waals surface area (Å²) in [6.07, 6.45) is 8.28. The molecule has 0 unspecified atom stereocenters. The van der Waals surface area contributed by atoms with Crippen molar-refractivity contribution in [3.63, 3.8) is 0 Å². The third-order valence-corrected chi connectivity index (χ3v) is 5.91. The van der Waals surface area contributed by atoms with Gasteiger partial charge in [0.25, 0.3) is 5.91 Å². The number of amides is 1. The van der Waals surface area contributed by atoms with Crippen molar-refractivity contribution in [3.8, 4) is 0 Å². The Morgan fingerprint density at radius 3 is 2.38 bits per heavy atom. The molecule has 5 rings (SSSR count). The van der Waals surface area contributed by atoms with Gasteiger partial charge in [0.2, 0.25) is 0 Å². The monoisotopic (exact) mass is 288 g/mol. The number of anilines is 1. The first kappa shape index (κ1) is 13.2. The third kappa shape index (κ3) is 2.23. The minimum atomic E-state index is 0.00921. The number of carbonyl (C=O) groups is 1. The zero-order valence-corrected chi connectivity index (χ0v) is 12.6. The Bertz CT molecular complexity index is 529. The standard InChI is InChI=1S/C16H24N4O/c1-20(15(21)13-5-14(17)19-18-13)9-16-6-10-2-11(7-16)4-12(3-10)8-16/h5,10-12H,2-4,6-9H2,1H3,(H3,17,18,19). The predicted octanol–water partition coefficient (Wildman–Crippen LogP) is 2.28. The topological polar surface area (TPSA) is 75.0 Å². The summed E-state index contributed by atoms with van der Waals surface area (Å²) in [4.78, 5) is 14.4. The highest BCUT2D eigenvalue weighted by Crippen LogP contribution is 2.60. The molecule has 0 aromatic carbocycles. The first-order chi connectivity index (χ1) is 10.0. The van der Waals surface area contributed by atoms with Crippen LogP contribution in [0.4, 0.5) is 5.82 Å². The van der Waals surface area contributed by atoms with Gasteiger partial charge in [0.15, 0.2) is 0 Å². The quantitative estimate of drug-likeness (QED) is 0.896. The number of nitrogen functional groups attached to an aromatic ring is 1. The highest BCUT2D eigenvalue weighted by Gasteiger charge is 2.51. The van der Waals surface area contributed by atoms with Crippen LogP contribution in [0.15, 0.2) is 6.07 Å². The van der Waals surface area contributed by atoms with Crippen molar-refractivity contribution in [3.05, 3.63) is 11.8 Å². The fourth-order valence-corrected chi connectivity index (χ4v) is 5.71. The second kappa shape index (κ2) is 4.49. The van der Waals surface area contributed by atoms with Gasteiger partial charge < -0.3 is 10.6 Å². The Hall–Kier alpha value is -1.52. The van der Waals surface area contributed by atoms with Crippen molar-refractivity contribution in [1.29, 1.82) is 0 Å². The van der Waals surface area contributed by atoms with Gasteiger partial charge in [0, 0.05) is 19.7 Å². The number of rotatable bonds is 3. The van der Waals surface area contributed by atoms with Crippen LogP contribution in [0.3, 0.4) is 0 Å². The van der Waals surface area contributed by atoms with Gasteiger partial charge >= 0.3 is 0 Å². The number of aromatic nitrogens is 2. The van der Waals surface area contributed by atoms with Crippen LogP contribution in [0.1, 0.15) is 49.0 Å². The number of hydrogen-bond acceptors (Lipinski definition) is 3. The molecule has 0 saturated heterocycles. The van der Waals surface area contributed by atoms with Crippen molar-refractivity contribution in [2.45, 2.75) is 38.5 Å². The number of nitrogens with one attached hydrogen (secondary N) is 1. The normalized spacial score (nSPS) is 36.9. The first-order valence-corrected chi connectivity index (χ1v) is 8.09. The number of nitrogens with two attached hydrogens (primary N) is 1. The Kier molecular flexibility index (Phi) is 2.81. The molecule has 4 bridgehead atoms. The smallest absolute Gasteiger partial charge is 0.271 e. The van der Waals surface area contributed by atoms with Crippen LogP contribution in [0.5, 0.6) is 0 Å². The zero-order chi connectivity index (χ0) is 14.6. The van der Waals surface area contributed by atoms with Gasteiger partial charge in [-0.25, -0.2) is 0 Å². The summed E-state index contributed by atoms with van der Waals surface area (Å²) in [5.74, 6) is 3.14. The summed E-state index contributed by atoms with van der Waals surface area (Å²) < 4.78 is 0. The van der Waals surface area contributed by atoms with Gasteiger partial charge in [-0.1, -0.05) is 0 Å². The number of H-pyrrole nitrogens is 1. The molecule has 5 nitrogen and oxygen atoms in total. The molecule has 1 aromatic heterocycles. The molecule has 1 heterocycles. The molecule has 0 spiro atoms.